The van der Waals surface area contributed by atoms with Crippen LogP contribution in [0.5, 0.6) is 0 Å². The van der Waals surface area contributed by atoms with Crippen molar-refractivity contribution in [1.29, 1.82) is 0 Å². The van der Waals surface area contributed by atoms with Crippen LogP contribution in [0.1, 0.15) is 41.5 Å². The molecule has 0 unspecified atom stereocenters. The molecule has 0 radical (unpaired) electrons. The van der Waals surface area contributed by atoms with Gasteiger partial charge in [0.15, 0.2) is 12.2 Å². The fraction of sp³-hybridized carbons (Fsp3) is 0.833. The van der Waals surface area contributed by atoms with Crippen LogP contribution in [0.15, 0.2) is 0 Å². The molecule has 2 N–H and O–H groups in total. The fourth-order valence-electron chi connectivity index (χ4n) is 0.982. The fourth-order valence-corrected chi connectivity index (χ4v) is 0.982. The number of aliphatic hydroxyl groups excluding tert-OH is 2. The average Bonchev–Trinajstić information content (AvgIpc) is 2.09. The molecular formula is C12H22O6. The molecule has 0 aromatic heterocycles. The van der Waals surface area contributed by atoms with Gasteiger partial charge in [0, 0.05) is 0 Å². The van der Waals surface area contributed by atoms with Crippen LogP contribution < -0.4 is 0 Å². The van der Waals surface area contributed by atoms with Crippen molar-refractivity contribution in [3.8, 4) is 0 Å². The van der Waals surface area contributed by atoms with Gasteiger partial charge in [0.05, 0.1) is 0 Å². The Hall–Kier alpha value is -1.14. The Bertz CT molecular complexity index is 278. The van der Waals surface area contributed by atoms with Gasteiger partial charge < -0.3 is 19.7 Å². The van der Waals surface area contributed by atoms with Crippen LogP contribution in [0.3, 0.4) is 0 Å². The second kappa shape index (κ2) is 5.67. The Morgan fingerprint density at radius 3 is 1.17 bits per heavy atom. The second-order valence-corrected chi connectivity index (χ2v) is 5.96. The number of hydrogen-bond acceptors (Lipinski definition) is 6. The number of carbonyl (C=O) groups is 2. The standard InChI is InChI=1S/C12H22O6/c1-11(2,3)17-9(15)7(13)8(14)10(16)18-12(4,5)6/h7-8,13-14H,1-6H3/t7-,8-/m0/s1. The third kappa shape index (κ3) is 6.56. The van der Waals surface area contributed by atoms with Gasteiger partial charge in [-0.25, -0.2) is 9.59 Å². The Morgan fingerprint density at radius 2 is 1.00 bits per heavy atom. The first-order chi connectivity index (χ1) is 7.83. The predicted molar refractivity (Wildman–Crippen MR) is 63.7 cm³/mol. The number of esters is 2. The lowest BCUT2D eigenvalue weighted by Crippen LogP contribution is -2.45. The highest BCUT2D eigenvalue weighted by molar-refractivity contribution is 5.85. The zero-order valence-corrected chi connectivity index (χ0v) is 11.7. The van der Waals surface area contributed by atoms with Crippen molar-refractivity contribution in [2.24, 2.45) is 0 Å². The van der Waals surface area contributed by atoms with Crippen LogP contribution in [-0.4, -0.2) is 45.6 Å². The van der Waals surface area contributed by atoms with E-state index in [1.165, 1.54) is 0 Å². The molecule has 0 aliphatic heterocycles. The molecule has 0 amide bonds. The third-order valence-electron chi connectivity index (χ3n) is 1.60. The van der Waals surface area contributed by atoms with E-state index in [1.807, 2.05) is 0 Å². The summed E-state index contributed by atoms with van der Waals surface area (Å²) in [6.07, 6.45) is -3.92. The maximum atomic E-state index is 11.4. The summed E-state index contributed by atoms with van der Waals surface area (Å²) < 4.78 is 9.69. The molecule has 0 aromatic rings. The highest BCUT2D eigenvalue weighted by Gasteiger charge is 2.36. The molecule has 2 atom stereocenters. The maximum absolute atomic E-state index is 11.4. The summed E-state index contributed by atoms with van der Waals surface area (Å²) in [6.45, 7) is 9.65. The summed E-state index contributed by atoms with van der Waals surface area (Å²) in [7, 11) is 0. The predicted octanol–water partition coefficient (Wildman–Crippen LogP) is 0.392. The van der Waals surface area contributed by atoms with E-state index in [-0.39, 0.29) is 0 Å². The summed E-state index contributed by atoms with van der Waals surface area (Å²) in [5.41, 5.74) is -1.63. The Balaban J connectivity index is 4.55. The Kier molecular flexibility index (Phi) is 5.31. The van der Waals surface area contributed by atoms with E-state index in [9.17, 15) is 19.8 Å². The van der Waals surface area contributed by atoms with Crippen molar-refractivity contribution >= 4 is 11.9 Å². The van der Waals surface area contributed by atoms with Crippen molar-refractivity contribution in [3.63, 3.8) is 0 Å². The smallest absolute Gasteiger partial charge is 0.338 e. The molecule has 0 fully saturated rings. The molecule has 0 saturated carbocycles. The highest BCUT2D eigenvalue weighted by Crippen LogP contribution is 2.13. The van der Waals surface area contributed by atoms with Crippen LogP contribution in [0.4, 0.5) is 0 Å². The molecule has 0 bridgehead atoms. The van der Waals surface area contributed by atoms with Gasteiger partial charge in [-0.2, -0.15) is 0 Å². The molecule has 6 heteroatoms. The minimum Gasteiger partial charge on any atom is -0.458 e. The molecule has 0 saturated heterocycles. The second-order valence-electron chi connectivity index (χ2n) is 5.96. The van der Waals surface area contributed by atoms with Gasteiger partial charge in [-0.3, -0.25) is 0 Å². The number of carbonyl (C=O) groups excluding carboxylic acids is 2. The molecular weight excluding hydrogens is 240 g/mol. The summed E-state index contributed by atoms with van der Waals surface area (Å²) in [5, 5.41) is 19.0. The van der Waals surface area contributed by atoms with Gasteiger partial charge in [0.1, 0.15) is 11.2 Å². The van der Waals surface area contributed by atoms with E-state index >= 15 is 0 Å². The zero-order chi connectivity index (χ0) is 14.7. The van der Waals surface area contributed by atoms with Crippen LogP contribution >= 0.6 is 0 Å². The van der Waals surface area contributed by atoms with Crippen molar-refractivity contribution in [2.75, 3.05) is 0 Å². The largest absolute Gasteiger partial charge is 0.458 e. The maximum Gasteiger partial charge on any atom is 0.338 e. The molecule has 0 aromatic carbocycles. The number of ether oxygens (including phenoxy) is 2. The lowest BCUT2D eigenvalue weighted by atomic mass is 10.1. The molecule has 0 spiro atoms. The SMILES string of the molecule is CC(C)(C)OC(=O)[C@@H](O)[C@H](O)C(=O)OC(C)(C)C. The first-order valence-electron chi connectivity index (χ1n) is 5.65. The van der Waals surface area contributed by atoms with Gasteiger partial charge in [-0.1, -0.05) is 0 Å². The van der Waals surface area contributed by atoms with Gasteiger partial charge in [0.2, 0.25) is 0 Å². The first kappa shape index (κ1) is 16.9. The summed E-state index contributed by atoms with van der Waals surface area (Å²) in [5.74, 6) is -2.14. The topological polar surface area (TPSA) is 93.1 Å². The number of hydrogen-bond donors (Lipinski definition) is 2. The van der Waals surface area contributed by atoms with E-state index < -0.39 is 35.3 Å². The third-order valence-corrected chi connectivity index (χ3v) is 1.60. The summed E-state index contributed by atoms with van der Waals surface area (Å²) in [4.78, 5) is 22.9. The minimum atomic E-state index is -1.96. The molecule has 6 nitrogen and oxygen atoms in total. The monoisotopic (exact) mass is 262 g/mol. The Morgan fingerprint density at radius 1 is 0.778 bits per heavy atom. The highest BCUT2D eigenvalue weighted by atomic mass is 16.6. The van der Waals surface area contributed by atoms with Crippen molar-refractivity contribution < 1.29 is 29.3 Å². The molecule has 106 valence electrons. The zero-order valence-electron chi connectivity index (χ0n) is 11.7. The van der Waals surface area contributed by atoms with Crippen LogP contribution in [0, 0.1) is 0 Å². The van der Waals surface area contributed by atoms with Crippen LogP contribution in [0.25, 0.3) is 0 Å². The minimum absolute atomic E-state index is 0.814. The van der Waals surface area contributed by atoms with Gasteiger partial charge >= 0.3 is 11.9 Å². The van der Waals surface area contributed by atoms with E-state index in [1.54, 1.807) is 41.5 Å². The normalized spacial score (nSPS) is 15.8. The van der Waals surface area contributed by atoms with Gasteiger partial charge in [0.25, 0.3) is 0 Å². The van der Waals surface area contributed by atoms with Gasteiger partial charge in [-0.05, 0) is 41.5 Å². The number of rotatable bonds is 3. The lowest BCUT2D eigenvalue weighted by molar-refractivity contribution is -0.185. The van der Waals surface area contributed by atoms with E-state index in [0.29, 0.717) is 0 Å². The summed E-state index contributed by atoms with van der Waals surface area (Å²) in [6, 6.07) is 0. The molecule has 0 aliphatic rings. The van der Waals surface area contributed by atoms with Crippen LogP contribution in [-0.2, 0) is 19.1 Å². The summed E-state index contributed by atoms with van der Waals surface area (Å²) >= 11 is 0. The average molecular weight is 262 g/mol. The molecule has 0 rings (SSSR count). The first-order valence-corrected chi connectivity index (χ1v) is 5.65. The molecule has 18 heavy (non-hydrogen) atoms. The van der Waals surface area contributed by atoms with Crippen LogP contribution in [0.2, 0.25) is 0 Å². The lowest BCUT2D eigenvalue weighted by Gasteiger charge is -2.25. The molecule has 0 aliphatic carbocycles. The Labute approximate surface area is 107 Å². The van der Waals surface area contributed by atoms with Crippen molar-refractivity contribution in [2.45, 2.75) is 65.0 Å². The van der Waals surface area contributed by atoms with Crippen molar-refractivity contribution in [3.05, 3.63) is 0 Å². The van der Waals surface area contributed by atoms with E-state index in [4.69, 9.17) is 9.47 Å². The molecule has 0 heterocycles. The quantitative estimate of drug-likeness (QED) is 0.715. The van der Waals surface area contributed by atoms with Crippen molar-refractivity contribution in [1.82, 2.24) is 0 Å². The van der Waals surface area contributed by atoms with Gasteiger partial charge in [-0.15, -0.1) is 0 Å². The van der Waals surface area contributed by atoms with E-state index in [0.717, 1.165) is 0 Å². The van der Waals surface area contributed by atoms with E-state index in [2.05, 4.69) is 0 Å². The number of aliphatic hydroxyl groups is 2.